The van der Waals surface area contributed by atoms with Crippen molar-refractivity contribution < 1.29 is 27.4 Å². The first-order valence-electron chi connectivity index (χ1n) is 0.494. The van der Waals surface area contributed by atoms with Crippen molar-refractivity contribution in [2.75, 3.05) is 0 Å². The minimum atomic E-state index is -1.94. The number of hydrogen-bond donors (Lipinski definition) is 1. The van der Waals surface area contributed by atoms with E-state index in [1.807, 2.05) is 0 Å². The van der Waals surface area contributed by atoms with Crippen molar-refractivity contribution in [2.45, 2.75) is 0 Å². The summed E-state index contributed by atoms with van der Waals surface area (Å²) in [6.45, 7) is 0. The zero-order valence-electron chi connectivity index (χ0n) is 2.14. The van der Waals surface area contributed by atoms with Crippen LogP contribution in [0.1, 0.15) is 0 Å². The molecule has 0 spiro atoms. The van der Waals surface area contributed by atoms with Gasteiger partial charge >= 0.3 is 23.6 Å². The molecule has 0 rings (SSSR count). The van der Waals surface area contributed by atoms with Gasteiger partial charge in [0.2, 0.25) is 0 Å². The summed E-state index contributed by atoms with van der Waals surface area (Å²) in [5, 5.41) is 0. The summed E-state index contributed by atoms with van der Waals surface area (Å²) in [5.74, 6) is 0. The molecule has 4 heavy (non-hydrogen) atoms. The largest absolute Gasteiger partial charge is 0 e. The first kappa shape index (κ1) is 8.84. The summed E-state index contributed by atoms with van der Waals surface area (Å²) in [5.41, 5.74) is 0. The van der Waals surface area contributed by atoms with Crippen molar-refractivity contribution >= 4 is 15.7 Å². The Labute approximate surface area is 43.4 Å². The molecule has 0 heterocycles. The van der Waals surface area contributed by atoms with Gasteiger partial charge in [0, 0.05) is 19.5 Å². The molecular weight excluding hydrogens is 170 g/mol. The van der Waals surface area contributed by atoms with E-state index in [2.05, 4.69) is 0 Å². The standard InChI is InChI=1S/GeH2O2.Zn/c2-1-3;/h1-2H;. The minimum absolute atomic E-state index is 0. The monoisotopic (exact) mass is 172 g/mol. The zero-order chi connectivity index (χ0) is 2.71. The molecule has 0 amide bonds. The summed E-state index contributed by atoms with van der Waals surface area (Å²) >= 11 is -1.94. The summed E-state index contributed by atoms with van der Waals surface area (Å²) in [4.78, 5) is 0. The summed E-state index contributed by atoms with van der Waals surface area (Å²) in [6, 6.07) is 0. The van der Waals surface area contributed by atoms with Gasteiger partial charge in [0.1, 0.15) is 0 Å². The van der Waals surface area contributed by atoms with Crippen LogP contribution in [0.3, 0.4) is 0 Å². The topological polar surface area (TPSA) is 37.3 Å². The van der Waals surface area contributed by atoms with E-state index in [0.29, 0.717) is 0 Å². The van der Waals surface area contributed by atoms with Crippen molar-refractivity contribution in [2.24, 2.45) is 0 Å². The smallest absolute Gasteiger partial charge is 0 e. The molecule has 0 aromatic carbocycles. The fraction of sp³-hybridized carbons (Fsp3) is 0. The maximum atomic E-state index is 8.64. The van der Waals surface area contributed by atoms with Crippen LogP contribution < -0.4 is 0 Å². The molecule has 0 saturated heterocycles. The minimum Gasteiger partial charge on any atom is 0 e. The Morgan fingerprint density at radius 2 is 1.75 bits per heavy atom. The number of hydrogen-bond acceptors (Lipinski definition) is 1. The van der Waals surface area contributed by atoms with Gasteiger partial charge in [-0.25, -0.2) is 0 Å². The Bertz CT molecular complexity index is 13.5. The van der Waals surface area contributed by atoms with E-state index in [0.717, 1.165) is 0 Å². The molecule has 0 aromatic heterocycles. The third-order valence-corrected chi connectivity index (χ3v) is 0. The van der Waals surface area contributed by atoms with Crippen LogP contribution in [0.2, 0.25) is 0 Å². The Morgan fingerprint density at radius 1 is 1.75 bits per heavy atom. The molecule has 0 aliphatic heterocycles. The zero-order valence-corrected chi connectivity index (χ0v) is 7.53. The molecule has 4 heteroatoms. The van der Waals surface area contributed by atoms with Crippen molar-refractivity contribution in [1.82, 2.24) is 0 Å². The van der Waals surface area contributed by atoms with Crippen LogP contribution in [0, 0.1) is 0 Å². The fourth-order valence-corrected chi connectivity index (χ4v) is 0. The Morgan fingerprint density at radius 3 is 1.75 bits per heavy atom. The van der Waals surface area contributed by atoms with Crippen molar-refractivity contribution in [1.29, 1.82) is 0 Å². The molecule has 2 nitrogen and oxygen atoms in total. The second-order valence-corrected chi connectivity index (χ2v) is 0.548. The van der Waals surface area contributed by atoms with Gasteiger partial charge in [0.15, 0.2) is 0 Å². The molecule has 0 aliphatic carbocycles. The van der Waals surface area contributed by atoms with Gasteiger partial charge in [-0.1, -0.05) is 0 Å². The predicted octanol–water partition coefficient (Wildman–Crippen LogP) is -1.33. The second kappa shape index (κ2) is 9.24. The third-order valence-electron chi connectivity index (χ3n) is 0. The van der Waals surface area contributed by atoms with Gasteiger partial charge in [-0.05, 0) is 0 Å². The van der Waals surface area contributed by atoms with E-state index >= 15 is 0 Å². The molecule has 0 saturated carbocycles. The van der Waals surface area contributed by atoms with Crippen LogP contribution >= 0.6 is 0 Å². The molecule has 0 unspecified atom stereocenters. The van der Waals surface area contributed by atoms with Crippen LogP contribution in [-0.4, -0.2) is 19.8 Å². The normalized spacial score (nSPS) is 3.00. The summed E-state index contributed by atoms with van der Waals surface area (Å²) in [7, 11) is 0. The Hall–Kier alpha value is 0.766. The van der Waals surface area contributed by atoms with Crippen LogP contribution in [-0.2, 0) is 23.3 Å². The average Bonchev–Trinajstić information content (AvgIpc) is 0.918. The molecule has 1 N–H and O–H groups in total. The van der Waals surface area contributed by atoms with Crippen molar-refractivity contribution in [3.05, 3.63) is 0 Å². The van der Waals surface area contributed by atoms with Gasteiger partial charge in [-0.2, -0.15) is 0 Å². The van der Waals surface area contributed by atoms with E-state index in [-0.39, 0.29) is 19.5 Å². The molecule has 20 valence electrons. The molecular formula is H2GeO2Zn. The summed E-state index contributed by atoms with van der Waals surface area (Å²) < 4.78 is 15.8. The van der Waals surface area contributed by atoms with Gasteiger partial charge in [-0.3, -0.25) is 0 Å². The van der Waals surface area contributed by atoms with E-state index in [9.17, 15) is 0 Å². The van der Waals surface area contributed by atoms with E-state index in [4.69, 9.17) is 7.91 Å². The number of rotatable bonds is 0. The molecule has 0 fully saturated rings. The quantitative estimate of drug-likeness (QED) is 0.460. The molecule has 0 aromatic rings. The average molecular weight is 172 g/mol. The maximum absolute atomic E-state index is 8.64. The first-order chi connectivity index (χ1) is 1.41. The van der Waals surface area contributed by atoms with Crippen molar-refractivity contribution in [3.8, 4) is 0 Å². The van der Waals surface area contributed by atoms with Crippen LogP contribution in [0.4, 0.5) is 0 Å². The van der Waals surface area contributed by atoms with E-state index < -0.39 is 15.7 Å². The second-order valence-electron chi connectivity index (χ2n) is 0.105. The first-order valence-corrected chi connectivity index (χ1v) is 2.57. The Kier molecular flexibility index (Phi) is 20.4. The third kappa shape index (κ3) is 14.7. The van der Waals surface area contributed by atoms with Crippen LogP contribution in [0.25, 0.3) is 0 Å². The van der Waals surface area contributed by atoms with E-state index in [1.165, 1.54) is 0 Å². The molecule has 0 aliphatic rings. The van der Waals surface area contributed by atoms with Crippen molar-refractivity contribution in [3.63, 3.8) is 0 Å². The molecule has 0 atom stereocenters. The van der Waals surface area contributed by atoms with Gasteiger partial charge < -0.3 is 0 Å². The fourth-order valence-electron chi connectivity index (χ4n) is 0. The van der Waals surface area contributed by atoms with Gasteiger partial charge in [0.25, 0.3) is 0 Å². The molecule has 0 bridgehead atoms. The summed E-state index contributed by atoms with van der Waals surface area (Å²) in [6.07, 6.45) is 0. The SMILES string of the molecule is [O]=[GeH][OH].[Zn]. The maximum Gasteiger partial charge on any atom is 0 e. The molecule has 0 radical (unpaired) electrons. The van der Waals surface area contributed by atoms with E-state index in [1.54, 1.807) is 0 Å². The predicted molar refractivity (Wildman–Crippen MR) is 10.1 cm³/mol. The Balaban J connectivity index is 0. The van der Waals surface area contributed by atoms with Crippen LogP contribution in [0.5, 0.6) is 0 Å². The van der Waals surface area contributed by atoms with Crippen LogP contribution in [0.15, 0.2) is 0 Å². The van der Waals surface area contributed by atoms with Gasteiger partial charge in [0.05, 0.1) is 0 Å². The van der Waals surface area contributed by atoms with Gasteiger partial charge in [-0.15, -0.1) is 0 Å².